The first kappa shape index (κ1) is 47.2. The number of anilines is 1. The average Bonchev–Trinajstić information content (AvgIpc) is 3.13. The van der Waals surface area contributed by atoms with E-state index in [1.807, 2.05) is 12.1 Å². The van der Waals surface area contributed by atoms with E-state index >= 15 is 0 Å². The van der Waals surface area contributed by atoms with Crippen molar-refractivity contribution in [3.63, 3.8) is 0 Å². The summed E-state index contributed by atoms with van der Waals surface area (Å²) in [6.45, 7) is 8.06. The fourth-order valence-electron chi connectivity index (χ4n) is 6.64. The summed E-state index contributed by atoms with van der Waals surface area (Å²) < 4.78 is 12.1. The fraction of sp³-hybridized carbons (Fsp3) is 0.606. The number of nitrogens with one attached hydrogen (secondary N) is 1. The second kappa shape index (κ2) is 26.1. The number of hydrogen-bond acceptors (Lipinski definition) is 13. The van der Waals surface area contributed by atoms with E-state index in [9.17, 15) is 34.8 Å². The third kappa shape index (κ3) is 17.3. The van der Waals surface area contributed by atoms with Gasteiger partial charge in [0.2, 0.25) is 0 Å². The molecular weight excluding hydrogens is 689 g/mol. The number of non-ortho nitro benzene ring substituents is 2. The Balaban J connectivity index is 0.000000744. The molecule has 2 atom stereocenters. The van der Waals surface area contributed by atoms with E-state index in [2.05, 4.69) is 24.9 Å². The second-order valence-corrected chi connectivity index (χ2v) is 12.5. The van der Waals surface area contributed by atoms with Gasteiger partial charge in [-0.05, 0) is 102 Å². The van der Waals surface area contributed by atoms with Crippen LogP contribution in [-0.4, -0.2) is 113 Å². The van der Waals surface area contributed by atoms with E-state index in [0.29, 0.717) is 6.04 Å². The molecule has 4 saturated heterocycles. The van der Waals surface area contributed by atoms with Gasteiger partial charge in [0.25, 0.3) is 17.8 Å². The van der Waals surface area contributed by atoms with Crippen molar-refractivity contribution in [2.75, 3.05) is 57.3 Å². The maximum atomic E-state index is 12.1. The molecule has 0 aliphatic carbocycles. The van der Waals surface area contributed by atoms with Crippen LogP contribution in [-0.2, 0) is 9.68 Å². The first-order valence-electron chi connectivity index (χ1n) is 16.8. The standard InChI is InChI=1S/C16H23N3O3.C10H20N2O.C6H4FNO2.CH2O3.2Na.H/c20-16-2-1-9-18(12-16)14-7-10-17(11-8-14)13-3-5-15(6-4-13)19(21)22;13-10-2-1-7-12(8-10)9-3-5-11-6-4-9;7-5-1-3-6(4-2-5)8(9)10;2-1-4-3;;;/h3-6,14,16,20H,1-2,7-12H2;9-11,13H,1-8H2;1-4H;1,3H;;;/q;;;;2*+1;-1/p-1. The van der Waals surface area contributed by atoms with Gasteiger partial charge in [0.05, 0.1) is 22.1 Å². The Morgan fingerprint density at radius 2 is 1.16 bits per heavy atom. The van der Waals surface area contributed by atoms with Crippen LogP contribution in [0.4, 0.5) is 21.5 Å². The summed E-state index contributed by atoms with van der Waals surface area (Å²) in [6.07, 6.45) is 8.64. The summed E-state index contributed by atoms with van der Waals surface area (Å²) in [7, 11) is 0. The summed E-state index contributed by atoms with van der Waals surface area (Å²) in [4.78, 5) is 38.2. The smallest absolute Gasteiger partial charge is 1.00 e. The van der Waals surface area contributed by atoms with Gasteiger partial charge >= 0.3 is 59.1 Å². The molecule has 2 aromatic rings. The van der Waals surface area contributed by atoms with Crippen LogP contribution in [0.5, 0.6) is 0 Å². The van der Waals surface area contributed by atoms with Gasteiger partial charge < -0.3 is 32.0 Å². The number of carbonyl (C=O) groups excluding carboxylic acids is 1. The number of aliphatic hydroxyl groups excluding tert-OH is 2. The van der Waals surface area contributed by atoms with Gasteiger partial charge in [0.15, 0.2) is 0 Å². The molecule has 0 spiro atoms. The van der Waals surface area contributed by atoms with Crippen LogP contribution in [0.25, 0.3) is 0 Å². The summed E-state index contributed by atoms with van der Waals surface area (Å²) in [5, 5.41) is 51.9. The van der Waals surface area contributed by atoms with Gasteiger partial charge in [-0.2, -0.15) is 0 Å². The number of nitrogens with zero attached hydrogens (tertiary/aromatic N) is 5. The number of halogens is 1. The molecule has 18 heteroatoms. The van der Waals surface area contributed by atoms with E-state index in [1.165, 1.54) is 25.8 Å². The maximum Gasteiger partial charge on any atom is 1.00 e. The Hall–Kier alpha value is -1.80. The molecule has 2 unspecified atom stereocenters. The number of carbonyl (C=O) groups is 1. The topological polar surface area (TPSA) is 198 Å². The molecule has 51 heavy (non-hydrogen) atoms. The van der Waals surface area contributed by atoms with Gasteiger partial charge in [0, 0.05) is 68.2 Å². The molecule has 4 aliphatic heterocycles. The molecular formula is C33H49FN6Na2O9. The molecule has 0 saturated carbocycles. The first-order valence-corrected chi connectivity index (χ1v) is 16.8. The Bertz CT molecular complexity index is 1280. The Morgan fingerprint density at radius 3 is 1.55 bits per heavy atom. The van der Waals surface area contributed by atoms with Crippen molar-refractivity contribution in [1.82, 2.24) is 15.1 Å². The molecule has 0 aromatic heterocycles. The van der Waals surface area contributed by atoms with Crippen molar-refractivity contribution in [1.29, 1.82) is 0 Å². The second-order valence-electron chi connectivity index (χ2n) is 12.5. The predicted molar refractivity (Wildman–Crippen MR) is 179 cm³/mol. The monoisotopic (exact) mass is 738 g/mol. The summed E-state index contributed by atoms with van der Waals surface area (Å²) in [6, 6.07) is 12.5. The molecule has 0 amide bonds. The zero-order valence-electron chi connectivity index (χ0n) is 30.7. The number of benzene rings is 2. The van der Waals surface area contributed by atoms with Gasteiger partial charge in [-0.25, -0.2) is 4.39 Å². The quantitative estimate of drug-likeness (QED) is 0.0869. The normalized spacial score (nSPS) is 21.3. The van der Waals surface area contributed by atoms with Crippen molar-refractivity contribution in [3.05, 3.63) is 74.6 Å². The third-order valence-corrected chi connectivity index (χ3v) is 9.16. The minimum absolute atomic E-state index is 0. The molecule has 2 aromatic carbocycles. The van der Waals surface area contributed by atoms with Crippen LogP contribution >= 0.6 is 0 Å². The van der Waals surface area contributed by atoms with Crippen LogP contribution in [0.1, 0.15) is 52.8 Å². The minimum atomic E-state index is -0.570. The van der Waals surface area contributed by atoms with Crippen LogP contribution in [0.15, 0.2) is 48.5 Å². The van der Waals surface area contributed by atoms with Gasteiger partial charge in [0.1, 0.15) is 5.82 Å². The number of aliphatic hydroxyl groups is 2. The Labute approximate surface area is 343 Å². The molecule has 3 N–H and O–H groups in total. The largest absolute Gasteiger partial charge is 1.00 e. The average molecular weight is 739 g/mol. The van der Waals surface area contributed by atoms with Gasteiger partial charge in [-0.15, -0.1) is 0 Å². The predicted octanol–water partition coefficient (Wildman–Crippen LogP) is -3.50. The van der Waals surface area contributed by atoms with E-state index in [1.54, 1.807) is 12.1 Å². The van der Waals surface area contributed by atoms with Crippen molar-refractivity contribution in [3.8, 4) is 0 Å². The van der Waals surface area contributed by atoms with Crippen LogP contribution in [0.2, 0.25) is 0 Å². The molecule has 15 nitrogen and oxygen atoms in total. The molecule has 4 aliphatic rings. The number of likely N-dealkylation sites (tertiary alicyclic amines) is 2. The number of piperidine rings is 4. The zero-order valence-corrected chi connectivity index (χ0v) is 33.7. The number of β-amino-alcohol motifs (C(OH)–C–C–N with tert-alkyl or cyclic N) is 2. The van der Waals surface area contributed by atoms with Crippen LogP contribution in [0, 0.1) is 26.0 Å². The van der Waals surface area contributed by atoms with E-state index in [0.717, 1.165) is 114 Å². The fourth-order valence-corrected chi connectivity index (χ4v) is 6.64. The molecule has 274 valence electrons. The molecule has 0 radical (unpaired) electrons. The first-order chi connectivity index (χ1) is 23.6. The number of nitro benzene ring substituents is 2. The molecule has 0 bridgehead atoms. The van der Waals surface area contributed by atoms with E-state index < -0.39 is 10.7 Å². The number of hydrogen-bond donors (Lipinski definition) is 3. The van der Waals surface area contributed by atoms with Crippen molar-refractivity contribution >= 4 is 23.5 Å². The minimum Gasteiger partial charge on any atom is -1.00 e. The van der Waals surface area contributed by atoms with Crippen molar-refractivity contribution < 1.29 is 99.9 Å². The van der Waals surface area contributed by atoms with Crippen LogP contribution in [0.3, 0.4) is 0 Å². The van der Waals surface area contributed by atoms with E-state index in [4.69, 9.17) is 10.1 Å². The van der Waals surface area contributed by atoms with Gasteiger partial charge in [-0.3, -0.25) is 34.8 Å². The number of rotatable bonds is 6. The van der Waals surface area contributed by atoms with E-state index in [-0.39, 0.29) is 95.5 Å². The zero-order chi connectivity index (χ0) is 35.6. The van der Waals surface area contributed by atoms with Crippen LogP contribution < -0.4 is 74.6 Å². The molecule has 6 rings (SSSR count). The third-order valence-electron chi connectivity index (χ3n) is 9.16. The summed E-state index contributed by atoms with van der Waals surface area (Å²) in [5.74, 6) is -0.467. The van der Waals surface area contributed by atoms with Crippen molar-refractivity contribution in [2.24, 2.45) is 0 Å². The summed E-state index contributed by atoms with van der Waals surface area (Å²) in [5.41, 5.74) is 1.10. The Kier molecular flexibility index (Phi) is 24.1. The molecule has 4 fully saturated rings. The van der Waals surface area contributed by atoms with Crippen molar-refractivity contribution in [2.45, 2.75) is 75.7 Å². The summed E-state index contributed by atoms with van der Waals surface area (Å²) >= 11 is 0. The Morgan fingerprint density at radius 1 is 0.745 bits per heavy atom. The number of nitro groups is 2. The SMILES string of the molecule is O=CO[O-].O=[N+]([O-])c1ccc(F)cc1.O=[N+]([O-])c1ccc(N2CCC(N3CCCC(O)C3)CC2)cc1.OC1CCCN(C2CCNCC2)C1.[H-].[Na+].[Na+]. The maximum absolute atomic E-state index is 12.1. The van der Waals surface area contributed by atoms with Gasteiger partial charge in [-0.1, -0.05) is 0 Å². The molecule has 4 heterocycles.